The van der Waals surface area contributed by atoms with Crippen LogP contribution in [0.2, 0.25) is 0 Å². The van der Waals surface area contributed by atoms with Crippen molar-refractivity contribution in [2.45, 2.75) is 26.0 Å². The largest absolute Gasteiger partial charge is 0.374 e. The molecule has 4 heteroatoms. The van der Waals surface area contributed by atoms with Gasteiger partial charge in [-0.3, -0.25) is 4.90 Å². The maximum atomic E-state index is 13.6. The average Bonchev–Trinajstić information content (AvgIpc) is 2.45. The van der Waals surface area contributed by atoms with Crippen molar-refractivity contribution in [3.63, 3.8) is 0 Å². The molecule has 19 heavy (non-hydrogen) atoms. The zero-order chi connectivity index (χ0) is 13.7. The lowest BCUT2D eigenvalue weighted by atomic mass is 10.1. The van der Waals surface area contributed by atoms with Crippen LogP contribution < -0.4 is 5.32 Å². The summed E-state index contributed by atoms with van der Waals surface area (Å²) < 4.78 is 19.4. The van der Waals surface area contributed by atoms with Crippen molar-refractivity contribution >= 4 is 0 Å². The smallest absolute Gasteiger partial charge is 0.127 e. The number of halogens is 1. The van der Waals surface area contributed by atoms with Crippen LogP contribution in [0.25, 0.3) is 0 Å². The molecule has 2 atom stereocenters. The summed E-state index contributed by atoms with van der Waals surface area (Å²) in [6.07, 6.45) is 0.197. The Bertz CT molecular complexity index is 399. The number of hydrogen-bond acceptors (Lipinski definition) is 3. The zero-order valence-corrected chi connectivity index (χ0v) is 11.7. The summed E-state index contributed by atoms with van der Waals surface area (Å²) >= 11 is 0. The quantitative estimate of drug-likeness (QED) is 0.884. The fraction of sp³-hybridized carbons (Fsp3) is 0.600. The molecule has 0 bridgehead atoms. The third-order valence-corrected chi connectivity index (χ3v) is 3.69. The van der Waals surface area contributed by atoms with Crippen molar-refractivity contribution in [3.8, 4) is 0 Å². The summed E-state index contributed by atoms with van der Waals surface area (Å²) in [6.45, 7) is 8.71. The third kappa shape index (κ3) is 4.00. The van der Waals surface area contributed by atoms with E-state index in [1.165, 1.54) is 6.07 Å². The van der Waals surface area contributed by atoms with E-state index in [4.69, 9.17) is 4.74 Å². The molecule has 0 radical (unpaired) electrons. The van der Waals surface area contributed by atoms with E-state index in [1.807, 2.05) is 19.1 Å². The second-order valence-electron chi connectivity index (χ2n) is 5.04. The highest BCUT2D eigenvalue weighted by atomic mass is 19.1. The first kappa shape index (κ1) is 14.4. The molecule has 0 saturated carbocycles. The molecule has 1 aliphatic rings. The number of ether oxygens (including phenoxy) is 1. The second-order valence-corrected chi connectivity index (χ2v) is 5.04. The molecule has 1 unspecified atom stereocenters. The van der Waals surface area contributed by atoms with E-state index in [1.54, 1.807) is 6.07 Å². The Kier molecular flexibility index (Phi) is 5.31. The molecule has 1 aliphatic heterocycles. The topological polar surface area (TPSA) is 24.5 Å². The van der Waals surface area contributed by atoms with Gasteiger partial charge in [0.05, 0.1) is 12.7 Å². The van der Waals surface area contributed by atoms with Crippen LogP contribution in [0, 0.1) is 5.82 Å². The van der Waals surface area contributed by atoms with Crippen LogP contribution in [0.4, 0.5) is 4.39 Å². The van der Waals surface area contributed by atoms with E-state index >= 15 is 0 Å². The summed E-state index contributed by atoms with van der Waals surface area (Å²) in [6, 6.07) is 6.92. The summed E-state index contributed by atoms with van der Waals surface area (Å²) in [4.78, 5) is 2.38. The van der Waals surface area contributed by atoms with E-state index in [2.05, 4.69) is 17.1 Å². The number of hydrogen-bond donors (Lipinski definition) is 1. The first-order chi connectivity index (χ1) is 9.20. The minimum absolute atomic E-state index is 0.00167. The van der Waals surface area contributed by atoms with Crippen molar-refractivity contribution in [1.82, 2.24) is 10.2 Å². The molecule has 1 N–H and O–H groups in total. The van der Waals surface area contributed by atoms with E-state index in [-0.39, 0.29) is 18.0 Å². The molecule has 0 amide bonds. The summed E-state index contributed by atoms with van der Waals surface area (Å²) in [7, 11) is 0. The Morgan fingerprint density at radius 3 is 3.00 bits per heavy atom. The van der Waals surface area contributed by atoms with Gasteiger partial charge in [-0.15, -0.1) is 0 Å². The van der Waals surface area contributed by atoms with Gasteiger partial charge in [-0.05, 0) is 19.5 Å². The van der Waals surface area contributed by atoms with Gasteiger partial charge in [0.2, 0.25) is 0 Å². The Hall–Kier alpha value is -0.970. The normalized spacial score (nSPS) is 22.4. The number of nitrogens with one attached hydrogen (secondary N) is 1. The molecule has 0 spiro atoms. The number of likely N-dealkylation sites (N-methyl/N-ethyl adjacent to an activating group) is 1. The molecular weight excluding hydrogens is 243 g/mol. The van der Waals surface area contributed by atoms with Crippen LogP contribution in [-0.2, 0) is 4.74 Å². The van der Waals surface area contributed by atoms with E-state index < -0.39 is 0 Å². The molecular formula is C15H23FN2O. The van der Waals surface area contributed by atoms with Crippen LogP contribution in [0.3, 0.4) is 0 Å². The van der Waals surface area contributed by atoms with Gasteiger partial charge in [-0.1, -0.05) is 25.1 Å². The van der Waals surface area contributed by atoms with Gasteiger partial charge < -0.3 is 10.1 Å². The van der Waals surface area contributed by atoms with Crippen molar-refractivity contribution < 1.29 is 9.13 Å². The molecule has 106 valence electrons. The minimum Gasteiger partial charge on any atom is -0.374 e. The predicted molar refractivity (Wildman–Crippen MR) is 74.7 cm³/mol. The van der Waals surface area contributed by atoms with E-state index in [9.17, 15) is 4.39 Å². The van der Waals surface area contributed by atoms with Gasteiger partial charge in [0.15, 0.2) is 0 Å². The summed E-state index contributed by atoms with van der Waals surface area (Å²) in [5.41, 5.74) is 0.714. The lowest BCUT2D eigenvalue weighted by Gasteiger charge is -2.32. The molecule has 1 fully saturated rings. The maximum absolute atomic E-state index is 13.6. The van der Waals surface area contributed by atoms with Crippen molar-refractivity contribution in [1.29, 1.82) is 0 Å². The Labute approximate surface area is 114 Å². The van der Waals surface area contributed by atoms with Gasteiger partial charge in [-0.2, -0.15) is 0 Å². The molecule has 1 aromatic carbocycles. The molecule has 0 aromatic heterocycles. The number of morpholine rings is 1. The van der Waals surface area contributed by atoms with Crippen LogP contribution in [0.1, 0.15) is 25.5 Å². The monoisotopic (exact) mass is 266 g/mol. The molecule has 2 rings (SSSR count). The Morgan fingerprint density at radius 1 is 1.47 bits per heavy atom. The zero-order valence-electron chi connectivity index (χ0n) is 11.7. The van der Waals surface area contributed by atoms with Crippen molar-refractivity contribution in [2.75, 3.05) is 32.8 Å². The highest BCUT2D eigenvalue weighted by Crippen LogP contribution is 2.16. The van der Waals surface area contributed by atoms with E-state index in [0.29, 0.717) is 5.56 Å². The number of nitrogens with zero attached hydrogens (tertiary/aromatic N) is 1. The first-order valence-corrected chi connectivity index (χ1v) is 7.02. The lowest BCUT2D eigenvalue weighted by molar-refractivity contribution is -0.0262. The number of benzene rings is 1. The third-order valence-electron chi connectivity index (χ3n) is 3.69. The fourth-order valence-corrected chi connectivity index (χ4v) is 2.44. The Morgan fingerprint density at radius 2 is 2.26 bits per heavy atom. The highest BCUT2D eigenvalue weighted by molar-refractivity contribution is 5.20. The minimum atomic E-state index is -0.151. The number of rotatable bonds is 5. The summed E-state index contributed by atoms with van der Waals surface area (Å²) in [5, 5.41) is 3.36. The first-order valence-electron chi connectivity index (χ1n) is 7.02. The fourth-order valence-electron chi connectivity index (χ4n) is 2.44. The van der Waals surface area contributed by atoms with Gasteiger partial charge in [0, 0.05) is 31.2 Å². The molecule has 0 aliphatic carbocycles. The van der Waals surface area contributed by atoms with Gasteiger partial charge in [0.1, 0.15) is 5.82 Å². The predicted octanol–water partition coefficient (Wildman–Crippen LogP) is 2.20. The van der Waals surface area contributed by atoms with Crippen LogP contribution >= 0.6 is 0 Å². The SMILES string of the molecule is CCN1CCOC(CN[C@H](C)c2ccccc2F)C1. The molecule has 3 nitrogen and oxygen atoms in total. The van der Waals surface area contributed by atoms with Gasteiger partial charge >= 0.3 is 0 Å². The van der Waals surface area contributed by atoms with E-state index in [0.717, 1.165) is 32.8 Å². The molecule has 1 aromatic rings. The van der Waals surface area contributed by atoms with Crippen LogP contribution in [-0.4, -0.2) is 43.8 Å². The summed E-state index contributed by atoms with van der Waals surface area (Å²) in [5.74, 6) is -0.151. The van der Waals surface area contributed by atoms with Crippen LogP contribution in [0.5, 0.6) is 0 Å². The van der Waals surface area contributed by atoms with Crippen molar-refractivity contribution in [2.24, 2.45) is 0 Å². The second kappa shape index (κ2) is 6.98. The maximum Gasteiger partial charge on any atom is 0.127 e. The van der Waals surface area contributed by atoms with Crippen molar-refractivity contribution in [3.05, 3.63) is 35.6 Å². The standard InChI is InChI=1S/C15H23FN2O/c1-3-18-8-9-19-13(11-18)10-17-12(2)14-6-4-5-7-15(14)16/h4-7,12-13,17H,3,8-11H2,1-2H3/t12-,13?/m1/s1. The van der Waals surface area contributed by atoms with Crippen LogP contribution in [0.15, 0.2) is 24.3 Å². The molecule has 1 heterocycles. The lowest BCUT2D eigenvalue weighted by Crippen LogP contribution is -2.46. The van der Waals surface area contributed by atoms with Gasteiger partial charge in [-0.25, -0.2) is 4.39 Å². The Balaban J connectivity index is 1.83. The average molecular weight is 266 g/mol. The van der Waals surface area contributed by atoms with Gasteiger partial charge in [0.25, 0.3) is 0 Å². The highest BCUT2D eigenvalue weighted by Gasteiger charge is 2.20. The molecule has 1 saturated heterocycles.